The molecule has 3 N–H and O–H groups in total. The maximum atomic E-state index is 13.1. The summed E-state index contributed by atoms with van der Waals surface area (Å²) >= 11 is 0. The molecule has 0 saturated carbocycles. The molecule has 1 amide bonds. The molecule has 1 aromatic heterocycles. The summed E-state index contributed by atoms with van der Waals surface area (Å²) in [4.78, 5) is 29.8. The maximum Gasteiger partial charge on any atom is 0.254 e. The van der Waals surface area contributed by atoms with Gasteiger partial charge in [-0.05, 0) is 6.07 Å². The van der Waals surface area contributed by atoms with E-state index in [1.54, 1.807) is 31.5 Å². The number of anilines is 1. The number of benzene rings is 1. The van der Waals surface area contributed by atoms with Crippen LogP contribution in [0.2, 0.25) is 0 Å². The minimum absolute atomic E-state index is 0. The molecule has 2 aromatic rings. The lowest BCUT2D eigenvalue weighted by molar-refractivity contribution is 0.0782. The molecule has 2 aliphatic heterocycles. The Morgan fingerprint density at radius 2 is 1.93 bits per heavy atom. The van der Waals surface area contributed by atoms with Crippen LogP contribution in [-0.4, -0.2) is 66.2 Å². The van der Waals surface area contributed by atoms with E-state index < -0.39 is 0 Å². The normalized spacial score (nSPS) is 21.2. The van der Waals surface area contributed by atoms with Gasteiger partial charge in [-0.25, -0.2) is 9.98 Å². The molecule has 29 heavy (non-hydrogen) atoms. The van der Waals surface area contributed by atoms with E-state index in [2.05, 4.69) is 19.9 Å². The van der Waals surface area contributed by atoms with Crippen LogP contribution in [0, 0.1) is 17.2 Å². The minimum atomic E-state index is -0.0534. The van der Waals surface area contributed by atoms with Crippen LogP contribution in [0.25, 0.3) is 0 Å². The molecule has 0 bridgehead atoms. The Balaban J connectivity index is 0.00000256. The number of rotatable bonds is 5. The molecule has 1 aromatic carbocycles. The fourth-order valence-corrected chi connectivity index (χ4v) is 4.12. The van der Waals surface area contributed by atoms with E-state index in [1.165, 1.54) is 0 Å². The highest BCUT2D eigenvalue weighted by Crippen LogP contribution is 2.34. The zero-order valence-electron chi connectivity index (χ0n) is 16.2. The smallest absolute Gasteiger partial charge is 0.254 e. The summed E-state index contributed by atoms with van der Waals surface area (Å²) in [6, 6.07) is 8.87. The van der Waals surface area contributed by atoms with Crippen molar-refractivity contribution in [2.75, 3.05) is 38.2 Å². The number of carbonyl (C=O) groups is 1. The van der Waals surface area contributed by atoms with Gasteiger partial charge in [0.15, 0.2) is 0 Å². The molecule has 0 spiro atoms. The Bertz CT molecular complexity index is 954. The summed E-state index contributed by atoms with van der Waals surface area (Å²) in [5.41, 5.74) is 7.02. The molecule has 4 rings (SSSR count). The van der Waals surface area contributed by atoms with Gasteiger partial charge in [0.2, 0.25) is 11.8 Å². The molecule has 2 fully saturated rings. The summed E-state index contributed by atoms with van der Waals surface area (Å²) in [6.45, 7) is 2.97. The third-order valence-corrected chi connectivity index (χ3v) is 5.52. The lowest BCUT2D eigenvalue weighted by atomic mass is 10.0. The number of nitrogens with two attached hydrogens (primary N) is 1. The second-order valence-corrected chi connectivity index (χ2v) is 7.22. The predicted octanol–water partition coefficient (Wildman–Crippen LogP) is 1.25. The molecule has 2 saturated heterocycles. The van der Waals surface area contributed by atoms with Crippen LogP contribution < -0.4 is 15.4 Å². The number of ether oxygens (including phenoxy) is 1. The van der Waals surface area contributed by atoms with E-state index in [-0.39, 0.29) is 13.2 Å². The predicted molar refractivity (Wildman–Crippen MR) is 112 cm³/mol. The molecule has 9 nitrogen and oxygen atoms in total. The van der Waals surface area contributed by atoms with Gasteiger partial charge >= 0.3 is 0 Å². The van der Waals surface area contributed by atoms with Crippen molar-refractivity contribution >= 4 is 24.0 Å². The van der Waals surface area contributed by atoms with Gasteiger partial charge < -0.3 is 20.3 Å². The first kappa shape index (κ1) is 18.9. The van der Waals surface area contributed by atoms with Gasteiger partial charge in [-0.2, -0.15) is 4.98 Å². The molecule has 0 radical (unpaired) electrons. The fourth-order valence-electron chi connectivity index (χ4n) is 4.12. The van der Waals surface area contributed by atoms with Crippen molar-refractivity contribution < 1.29 is 11.0 Å². The quantitative estimate of drug-likeness (QED) is 0.581. The maximum absolute atomic E-state index is 13.1. The monoisotopic (exact) mass is 395 g/mol. The molecular weight excluding hydrogens is 370 g/mol. The van der Waals surface area contributed by atoms with Crippen LogP contribution in [0.15, 0.2) is 41.5 Å². The minimum Gasteiger partial charge on any atom is -0.481 e. The Labute approximate surface area is 170 Å². The number of nitrogens with one attached hydrogen (secondary N) is 1. The van der Waals surface area contributed by atoms with Gasteiger partial charge in [0, 0.05) is 57.3 Å². The third kappa shape index (κ3) is 3.63. The van der Waals surface area contributed by atoms with Crippen molar-refractivity contribution in [1.29, 1.82) is 5.41 Å². The zero-order chi connectivity index (χ0) is 20.4. The first-order valence-corrected chi connectivity index (χ1v) is 9.43. The number of hydrogen-bond donors (Lipinski definition) is 2. The summed E-state index contributed by atoms with van der Waals surface area (Å²) in [7, 11) is 1.59. The lowest BCUT2D eigenvalue weighted by Crippen LogP contribution is -2.35. The highest BCUT2D eigenvalue weighted by atomic mass is 16.5. The van der Waals surface area contributed by atoms with Crippen LogP contribution in [0.1, 0.15) is 17.3 Å². The van der Waals surface area contributed by atoms with Gasteiger partial charge in [0.05, 0.1) is 12.7 Å². The van der Waals surface area contributed by atoms with E-state index in [1.807, 2.05) is 17.0 Å². The topological polar surface area (TPSA) is 121 Å². The van der Waals surface area contributed by atoms with E-state index in [4.69, 9.17) is 15.9 Å². The second kappa shape index (κ2) is 7.86. The second-order valence-electron chi connectivity index (χ2n) is 7.22. The van der Waals surface area contributed by atoms with Gasteiger partial charge in [0.25, 0.3) is 5.91 Å². The first-order valence-electron chi connectivity index (χ1n) is 9.43. The van der Waals surface area contributed by atoms with Crippen molar-refractivity contribution in [2.45, 2.75) is 0 Å². The largest absolute Gasteiger partial charge is 0.481 e. The van der Waals surface area contributed by atoms with Crippen LogP contribution in [0.3, 0.4) is 0 Å². The van der Waals surface area contributed by atoms with Crippen molar-refractivity contribution in [3.63, 3.8) is 0 Å². The van der Waals surface area contributed by atoms with Crippen LogP contribution in [-0.2, 0) is 0 Å². The van der Waals surface area contributed by atoms with Gasteiger partial charge in [-0.15, -0.1) is 0 Å². The van der Waals surface area contributed by atoms with E-state index in [0.717, 1.165) is 19.4 Å². The van der Waals surface area contributed by atoms with Gasteiger partial charge in [-0.1, -0.05) is 18.2 Å². The fraction of sp³-hybridized carbons (Fsp3) is 0.350. The van der Waals surface area contributed by atoms with Crippen molar-refractivity contribution in [3.8, 4) is 5.88 Å². The standard InChI is InChI=1S/C20H23N7O2.H2/c1-29-17-6-7-23-20(25-17)27-10-13-8-26(9-14(13)11-27)19(28)16-5-3-2-4-15(16)18(22)24-12-21;/h2-7,12-14H,8-11H2,1H3,(H3,21,22,24);1H. The van der Waals surface area contributed by atoms with Crippen molar-refractivity contribution in [1.82, 2.24) is 14.9 Å². The molecule has 152 valence electrons. The SMILES string of the molecule is COc1ccnc(N2CC3CN(C(=O)c4ccccc4C(N)=NC=N)CC3C2)n1.[HH]. The molecule has 2 aliphatic rings. The van der Waals surface area contributed by atoms with E-state index in [9.17, 15) is 4.79 Å². The number of aromatic nitrogens is 2. The number of nitrogens with zero attached hydrogens (tertiary/aromatic N) is 5. The lowest BCUT2D eigenvalue weighted by Gasteiger charge is -2.22. The summed E-state index contributed by atoms with van der Waals surface area (Å²) < 4.78 is 5.19. The Morgan fingerprint density at radius 1 is 1.24 bits per heavy atom. The van der Waals surface area contributed by atoms with Gasteiger partial charge in [-0.3, -0.25) is 10.2 Å². The number of carbonyl (C=O) groups excluding carboxylic acids is 1. The molecule has 0 aliphatic carbocycles. The highest BCUT2D eigenvalue weighted by Gasteiger charge is 2.42. The number of aliphatic imine (C=N–C) groups is 1. The number of likely N-dealkylation sites (tertiary alicyclic amines) is 1. The number of amides is 1. The molecule has 9 heteroatoms. The Morgan fingerprint density at radius 3 is 2.59 bits per heavy atom. The number of amidine groups is 1. The van der Waals surface area contributed by atoms with Crippen LogP contribution in [0.4, 0.5) is 5.95 Å². The zero-order valence-corrected chi connectivity index (χ0v) is 16.2. The van der Waals surface area contributed by atoms with E-state index in [0.29, 0.717) is 47.9 Å². The first-order chi connectivity index (χ1) is 14.1. The highest BCUT2D eigenvalue weighted by molar-refractivity contribution is 6.10. The molecule has 3 heterocycles. The average molecular weight is 395 g/mol. The Hall–Kier alpha value is -3.49. The molecule has 2 unspecified atom stereocenters. The van der Waals surface area contributed by atoms with Crippen molar-refractivity contribution in [3.05, 3.63) is 47.7 Å². The van der Waals surface area contributed by atoms with Gasteiger partial charge in [0.1, 0.15) is 12.2 Å². The third-order valence-electron chi connectivity index (χ3n) is 5.52. The summed E-state index contributed by atoms with van der Waals surface area (Å²) in [5, 5.41) is 7.12. The summed E-state index contributed by atoms with van der Waals surface area (Å²) in [5.74, 6) is 2.07. The van der Waals surface area contributed by atoms with E-state index >= 15 is 0 Å². The van der Waals surface area contributed by atoms with Crippen LogP contribution >= 0.6 is 0 Å². The number of fused-ring (bicyclic) bond motifs is 1. The Kier molecular flexibility index (Phi) is 5.11. The molecular formula is C20H25N7O2. The van der Waals surface area contributed by atoms with Crippen LogP contribution in [0.5, 0.6) is 5.88 Å². The number of hydrogen-bond acceptors (Lipinski definition) is 6. The average Bonchev–Trinajstić information content (AvgIpc) is 3.33. The summed E-state index contributed by atoms with van der Waals surface area (Å²) in [6.07, 6.45) is 2.58. The number of methoxy groups -OCH3 is 1. The van der Waals surface area contributed by atoms with Crippen molar-refractivity contribution in [2.24, 2.45) is 22.6 Å². The molecule has 2 atom stereocenters.